The van der Waals surface area contributed by atoms with E-state index in [-0.39, 0.29) is 17.0 Å². The number of carbonyl (C=O) groups is 1. The van der Waals surface area contributed by atoms with E-state index in [1.165, 1.54) is 43.5 Å². The van der Waals surface area contributed by atoms with Crippen molar-refractivity contribution in [1.82, 2.24) is 0 Å². The van der Waals surface area contributed by atoms with Crippen LogP contribution in [-0.4, -0.2) is 28.4 Å². The molecule has 1 aromatic rings. The Bertz CT molecular complexity index is 556. The van der Waals surface area contributed by atoms with Gasteiger partial charge in [-0.25, -0.2) is 0 Å². The molecule has 0 aliphatic carbocycles. The molecule has 0 saturated carbocycles. The Morgan fingerprint density at radius 1 is 1.25 bits per heavy atom. The number of aromatic hydroxyl groups is 1. The number of nitrogens with two attached hydrogens (primary N) is 1. The van der Waals surface area contributed by atoms with Gasteiger partial charge in [0.1, 0.15) is 5.75 Å². The van der Waals surface area contributed by atoms with E-state index >= 15 is 0 Å². The minimum atomic E-state index is -2.03. The second kappa shape index (κ2) is 10.1. The zero-order valence-corrected chi connectivity index (χ0v) is 14.6. The summed E-state index contributed by atoms with van der Waals surface area (Å²) in [5.74, 6) is -2.85. The number of nitrogen functional groups attached to an aromatic ring is 1. The molecule has 0 aliphatic rings. The summed E-state index contributed by atoms with van der Waals surface area (Å²) in [5, 5.41) is 20.2. The Morgan fingerprint density at radius 2 is 1.92 bits per heavy atom. The van der Waals surface area contributed by atoms with Gasteiger partial charge in [0.05, 0.1) is 12.3 Å². The maximum Gasteiger partial charge on any atom is 0.251 e. The highest BCUT2D eigenvalue weighted by Gasteiger charge is 2.35. The number of ether oxygens (including phenoxy) is 1. The topological polar surface area (TPSA) is 92.8 Å². The highest BCUT2D eigenvalue weighted by Crippen LogP contribution is 2.25. The molecule has 24 heavy (non-hydrogen) atoms. The molecule has 0 saturated heterocycles. The minimum Gasteiger partial charge on any atom is -0.506 e. The van der Waals surface area contributed by atoms with Gasteiger partial charge in [-0.1, -0.05) is 45.1 Å². The Kier molecular flexibility index (Phi) is 8.50. The Morgan fingerprint density at radius 3 is 2.54 bits per heavy atom. The van der Waals surface area contributed by atoms with Crippen LogP contribution in [0, 0.1) is 0 Å². The summed E-state index contributed by atoms with van der Waals surface area (Å²) in [4.78, 5) is 12.5. The molecule has 0 aromatic heterocycles. The first-order valence-electron chi connectivity index (χ1n) is 8.58. The van der Waals surface area contributed by atoms with Crippen LogP contribution in [0.5, 0.6) is 5.75 Å². The van der Waals surface area contributed by atoms with Crippen molar-refractivity contribution in [1.29, 1.82) is 0 Å². The van der Waals surface area contributed by atoms with Crippen molar-refractivity contribution in [3.8, 4) is 5.75 Å². The van der Waals surface area contributed by atoms with Gasteiger partial charge in [0.15, 0.2) is 0 Å². The Labute approximate surface area is 144 Å². The van der Waals surface area contributed by atoms with E-state index in [0.717, 1.165) is 19.3 Å². The second-order valence-corrected chi connectivity index (χ2v) is 5.92. The predicted octanol–water partition coefficient (Wildman–Crippen LogP) is 3.80. The SMILES string of the molecule is CC=CC(O)(OCCCCCCCC)C(=O)c1ccc(N)c(O)c1. The number of allylic oxidation sites excluding steroid dienone is 1. The van der Waals surface area contributed by atoms with Crippen LogP contribution in [-0.2, 0) is 4.74 Å². The molecule has 0 amide bonds. The summed E-state index contributed by atoms with van der Waals surface area (Å²) in [7, 11) is 0. The van der Waals surface area contributed by atoms with Crippen molar-refractivity contribution >= 4 is 11.5 Å². The first kappa shape index (κ1) is 20.2. The van der Waals surface area contributed by atoms with Crippen molar-refractivity contribution in [2.45, 2.75) is 58.2 Å². The van der Waals surface area contributed by atoms with E-state index < -0.39 is 11.6 Å². The third-order valence-electron chi connectivity index (χ3n) is 3.83. The van der Waals surface area contributed by atoms with E-state index in [4.69, 9.17) is 10.5 Å². The molecule has 0 bridgehead atoms. The number of unbranched alkanes of at least 4 members (excludes halogenated alkanes) is 5. The number of carbonyl (C=O) groups excluding carboxylic acids is 1. The maximum absolute atomic E-state index is 12.5. The average molecular weight is 335 g/mol. The molecule has 1 rings (SSSR count). The summed E-state index contributed by atoms with van der Waals surface area (Å²) in [6.45, 7) is 4.16. The molecule has 1 aromatic carbocycles. The van der Waals surface area contributed by atoms with Crippen LogP contribution in [0.2, 0.25) is 0 Å². The quantitative estimate of drug-likeness (QED) is 0.143. The summed E-state index contributed by atoms with van der Waals surface area (Å²) in [5.41, 5.74) is 5.85. The van der Waals surface area contributed by atoms with Gasteiger partial charge in [-0.3, -0.25) is 4.79 Å². The van der Waals surface area contributed by atoms with Gasteiger partial charge in [0.2, 0.25) is 5.78 Å². The van der Waals surface area contributed by atoms with Gasteiger partial charge < -0.3 is 20.7 Å². The molecular formula is C19H29NO4. The van der Waals surface area contributed by atoms with E-state index in [0.29, 0.717) is 6.61 Å². The summed E-state index contributed by atoms with van der Waals surface area (Å²) in [6, 6.07) is 4.12. The molecule has 0 spiro atoms. The van der Waals surface area contributed by atoms with Gasteiger partial charge in [-0.2, -0.15) is 0 Å². The van der Waals surface area contributed by atoms with Crippen LogP contribution in [0.4, 0.5) is 5.69 Å². The third-order valence-corrected chi connectivity index (χ3v) is 3.83. The van der Waals surface area contributed by atoms with E-state index in [2.05, 4.69) is 6.92 Å². The lowest BCUT2D eigenvalue weighted by atomic mass is 10.0. The zero-order chi connectivity index (χ0) is 18.0. The van der Waals surface area contributed by atoms with Crippen molar-refractivity contribution in [2.24, 2.45) is 0 Å². The molecule has 4 N–H and O–H groups in total. The Hall–Kier alpha value is -1.85. The van der Waals surface area contributed by atoms with Crippen molar-refractivity contribution in [3.05, 3.63) is 35.9 Å². The largest absolute Gasteiger partial charge is 0.506 e. The van der Waals surface area contributed by atoms with Crippen LogP contribution in [0.15, 0.2) is 30.4 Å². The lowest BCUT2D eigenvalue weighted by Crippen LogP contribution is -2.40. The zero-order valence-electron chi connectivity index (χ0n) is 14.6. The number of Topliss-reactive ketones (excluding diaryl/α,β-unsaturated/α-hetero) is 1. The second-order valence-electron chi connectivity index (χ2n) is 5.92. The minimum absolute atomic E-state index is 0.144. The summed E-state index contributed by atoms with van der Waals surface area (Å²) in [6.07, 6.45) is 9.41. The predicted molar refractivity (Wildman–Crippen MR) is 95.9 cm³/mol. The first-order valence-corrected chi connectivity index (χ1v) is 8.58. The number of rotatable bonds is 11. The maximum atomic E-state index is 12.5. The fourth-order valence-electron chi connectivity index (χ4n) is 2.42. The van der Waals surface area contributed by atoms with Gasteiger partial charge in [0.25, 0.3) is 5.79 Å². The fourth-order valence-corrected chi connectivity index (χ4v) is 2.42. The van der Waals surface area contributed by atoms with Crippen LogP contribution in [0.1, 0.15) is 62.7 Å². The van der Waals surface area contributed by atoms with Crippen LogP contribution in [0.3, 0.4) is 0 Å². The number of phenols is 1. The molecule has 5 heteroatoms. The molecule has 0 fully saturated rings. The van der Waals surface area contributed by atoms with E-state index in [1.54, 1.807) is 13.0 Å². The normalized spacial score (nSPS) is 14.0. The number of phenolic OH excluding ortho intramolecular Hbond substituents is 1. The number of aliphatic hydroxyl groups is 1. The summed E-state index contributed by atoms with van der Waals surface area (Å²) >= 11 is 0. The highest BCUT2D eigenvalue weighted by molar-refractivity contribution is 6.03. The highest BCUT2D eigenvalue weighted by atomic mass is 16.6. The van der Waals surface area contributed by atoms with Crippen LogP contribution < -0.4 is 5.73 Å². The molecular weight excluding hydrogens is 306 g/mol. The molecule has 0 heterocycles. The van der Waals surface area contributed by atoms with Crippen molar-refractivity contribution in [2.75, 3.05) is 12.3 Å². The lowest BCUT2D eigenvalue weighted by Gasteiger charge is -2.23. The smallest absolute Gasteiger partial charge is 0.251 e. The lowest BCUT2D eigenvalue weighted by molar-refractivity contribution is -0.132. The number of anilines is 1. The fraction of sp³-hybridized carbons (Fsp3) is 0.526. The van der Waals surface area contributed by atoms with Gasteiger partial charge in [0, 0.05) is 5.56 Å². The summed E-state index contributed by atoms with van der Waals surface area (Å²) < 4.78 is 5.47. The standard InChI is InChI=1S/C19H29NO4/c1-3-5-6-7-8-9-13-24-19(23,12-4-2)18(22)15-10-11-16(20)17(21)14-15/h4,10-12,14,21,23H,3,5-9,13,20H2,1-2H3. The monoisotopic (exact) mass is 335 g/mol. The number of hydrogen-bond donors (Lipinski definition) is 3. The van der Waals surface area contributed by atoms with E-state index in [1.807, 2.05) is 0 Å². The van der Waals surface area contributed by atoms with Crippen molar-refractivity contribution in [3.63, 3.8) is 0 Å². The molecule has 0 aliphatic heterocycles. The molecule has 1 atom stereocenters. The van der Waals surface area contributed by atoms with Crippen LogP contribution in [0.25, 0.3) is 0 Å². The number of ketones is 1. The van der Waals surface area contributed by atoms with Gasteiger partial charge >= 0.3 is 0 Å². The van der Waals surface area contributed by atoms with Crippen molar-refractivity contribution < 1.29 is 19.7 Å². The van der Waals surface area contributed by atoms with Crippen LogP contribution >= 0.6 is 0 Å². The van der Waals surface area contributed by atoms with Gasteiger partial charge in [-0.15, -0.1) is 0 Å². The first-order chi connectivity index (χ1) is 11.4. The molecule has 0 radical (unpaired) electrons. The number of benzene rings is 1. The average Bonchev–Trinajstić information content (AvgIpc) is 2.56. The Balaban J connectivity index is 2.65. The third kappa shape index (κ3) is 5.98. The van der Waals surface area contributed by atoms with E-state index in [9.17, 15) is 15.0 Å². The molecule has 134 valence electrons. The molecule has 1 unspecified atom stereocenters. The number of hydrogen-bond acceptors (Lipinski definition) is 5. The molecule has 5 nitrogen and oxygen atoms in total. The van der Waals surface area contributed by atoms with Gasteiger partial charge in [-0.05, 0) is 37.6 Å².